The Balaban J connectivity index is 1.97. The summed E-state index contributed by atoms with van der Waals surface area (Å²) in [5, 5.41) is 0. The highest BCUT2D eigenvalue weighted by atomic mass is 32.2. The van der Waals surface area contributed by atoms with Crippen LogP contribution in [0.5, 0.6) is 0 Å². The van der Waals surface area contributed by atoms with Gasteiger partial charge in [-0.25, -0.2) is 4.40 Å². The number of hydrogen-bond donors (Lipinski definition) is 0. The molecule has 0 aliphatic heterocycles. The lowest BCUT2D eigenvalue weighted by molar-refractivity contribution is 0.159. The quantitative estimate of drug-likeness (QED) is 0.498. The number of nitrogens with zero attached hydrogens (tertiary/aromatic N) is 1. The van der Waals surface area contributed by atoms with Crippen molar-refractivity contribution in [3.8, 4) is 0 Å². The van der Waals surface area contributed by atoms with Gasteiger partial charge in [-0.15, -0.1) is 0 Å². The topological polar surface area (TPSA) is 21.6 Å². The smallest absolute Gasteiger partial charge is 0.0829 e. The molecule has 0 amide bonds. The average Bonchev–Trinajstić information content (AvgIpc) is 2.68. The second-order valence-electron chi connectivity index (χ2n) is 4.02. The van der Waals surface area contributed by atoms with Crippen molar-refractivity contribution in [2.75, 3.05) is 6.61 Å². The Labute approximate surface area is 78.9 Å². The van der Waals surface area contributed by atoms with E-state index >= 15 is 0 Å². The summed E-state index contributed by atoms with van der Waals surface area (Å²) < 4.78 is 9.83. The average molecular weight is 187 g/mol. The minimum atomic E-state index is 0.218. The van der Waals surface area contributed by atoms with Crippen LogP contribution in [0.3, 0.4) is 0 Å². The Hall–Kier alpha value is -0.0200. The molecule has 0 saturated heterocycles. The Morgan fingerprint density at radius 2 is 2.17 bits per heavy atom. The van der Waals surface area contributed by atoms with Crippen molar-refractivity contribution in [3.05, 3.63) is 0 Å². The predicted octanol–water partition coefficient (Wildman–Crippen LogP) is 2.68. The molecule has 0 aromatic rings. The van der Waals surface area contributed by atoms with E-state index < -0.39 is 0 Å². The minimum absolute atomic E-state index is 0.218. The summed E-state index contributed by atoms with van der Waals surface area (Å²) in [7, 11) is 0. The van der Waals surface area contributed by atoms with Crippen molar-refractivity contribution in [1.29, 1.82) is 0 Å². The maximum Gasteiger partial charge on any atom is 0.0829 e. The first-order valence-electron chi connectivity index (χ1n) is 4.39. The van der Waals surface area contributed by atoms with Gasteiger partial charge in [0.15, 0.2) is 0 Å². The molecule has 1 aliphatic rings. The summed E-state index contributed by atoms with van der Waals surface area (Å²) in [4.78, 5) is 0. The van der Waals surface area contributed by atoms with E-state index in [0.29, 0.717) is 12.7 Å². The first-order chi connectivity index (χ1) is 5.58. The molecule has 0 bridgehead atoms. The zero-order valence-corrected chi connectivity index (χ0v) is 8.86. The fraction of sp³-hybridized carbons (Fsp3) is 0.889. The van der Waals surface area contributed by atoms with Gasteiger partial charge < -0.3 is 4.74 Å². The van der Waals surface area contributed by atoms with Gasteiger partial charge in [-0.05, 0) is 45.6 Å². The summed E-state index contributed by atoms with van der Waals surface area (Å²) in [5.74, 6) is 0. The second-order valence-corrected chi connectivity index (χ2v) is 5.64. The van der Waals surface area contributed by atoms with Crippen LogP contribution in [0.4, 0.5) is 0 Å². The molecule has 0 N–H and O–H groups in total. The van der Waals surface area contributed by atoms with Gasteiger partial charge in [-0.2, -0.15) is 0 Å². The van der Waals surface area contributed by atoms with Crippen molar-refractivity contribution < 1.29 is 4.74 Å². The molecule has 12 heavy (non-hydrogen) atoms. The summed E-state index contributed by atoms with van der Waals surface area (Å²) in [5.41, 5.74) is 0. The van der Waals surface area contributed by atoms with Crippen molar-refractivity contribution in [2.24, 2.45) is 4.40 Å². The van der Waals surface area contributed by atoms with E-state index in [4.69, 9.17) is 4.74 Å². The van der Waals surface area contributed by atoms with Gasteiger partial charge in [0.1, 0.15) is 0 Å². The third kappa shape index (κ3) is 5.61. The van der Waals surface area contributed by atoms with Crippen LogP contribution in [0.2, 0.25) is 0 Å². The van der Waals surface area contributed by atoms with E-state index in [9.17, 15) is 0 Å². The normalized spacial score (nSPS) is 18.9. The third-order valence-electron chi connectivity index (χ3n) is 1.33. The molecular weight excluding hydrogens is 170 g/mol. The first kappa shape index (κ1) is 10.1. The Bertz CT molecular complexity index is 158. The van der Waals surface area contributed by atoms with Crippen molar-refractivity contribution >= 4 is 18.2 Å². The molecule has 1 rings (SSSR count). The second kappa shape index (κ2) is 4.28. The van der Waals surface area contributed by atoms with Crippen LogP contribution in [0, 0.1) is 0 Å². The Morgan fingerprint density at radius 1 is 1.50 bits per heavy atom. The molecule has 0 heterocycles. The van der Waals surface area contributed by atoms with Gasteiger partial charge >= 0.3 is 0 Å². The monoisotopic (exact) mass is 187 g/mol. The van der Waals surface area contributed by atoms with E-state index in [1.807, 2.05) is 6.21 Å². The van der Waals surface area contributed by atoms with Crippen LogP contribution in [-0.4, -0.2) is 23.7 Å². The standard InChI is InChI=1S/C9H17NOS/c1-9(2,3)12-10-6-7-11-8-4-5-8/h6,8H,4-5,7H2,1-3H3/b10-6+. The molecule has 0 unspecified atom stereocenters. The van der Waals surface area contributed by atoms with Crippen LogP contribution in [-0.2, 0) is 4.74 Å². The van der Waals surface area contributed by atoms with Gasteiger partial charge in [0, 0.05) is 11.0 Å². The van der Waals surface area contributed by atoms with Gasteiger partial charge in [-0.1, -0.05) is 0 Å². The van der Waals surface area contributed by atoms with Crippen LogP contribution in [0.15, 0.2) is 4.40 Å². The van der Waals surface area contributed by atoms with Crippen molar-refractivity contribution in [1.82, 2.24) is 0 Å². The third-order valence-corrected chi connectivity index (χ3v) is 2.13. The lowest BCUT2D eigenvalue weighted by Gasteiger charge is -2.11. The van der Waals surface area contributed by atoms with E-state index in [1.54, 1.807) is 11.9 Å². The number of ether oxygens (including phenoxy) is 1. The molecule has 3 heteroatoms. The highest BCUT2D eigenvalue weighted by Crippen LogP contribution is 2.24. The molecule has 2 nitrogen and oxygen atoms in total. The fourth-order valence-corrected chi connectivity index (χ4v) is 1.09. The lowest BCUT2D eigenvalue weighted by Crippen LogP contribution is -2.05. The fourth-order valence-electron chi connectivity index (χ4n) is 0.640. The lowest BCUT2D eigenvalue weighted by atomic mass is 10.3. The summed E-state index contributed by atoms with van der Waals surface area (Å²) in [6.45, 7) is 7.12. The van der Waals surface area contributed by atoms with E-state index in [2.05, 4.69) is 25.2 Å². The van der Waals surface area contributed by atoms with Crippen LogP contribution in [0.1, 0.15) is 33.6 Å². The molecule has 0 radical (unpaired) electrons. The van der Waals surface area contributed by atoms with Crippen LogP contribution < -0.4 is 0 Å². The highest BCUT2D eigenvalue weighted by molar-refractivity contribution is 7.99. The molecule has 1 aliphatic carbocycles. The molecule has 70 valence electrons. The van der Waals surface area contributed by atoms with Gasteiger partial charge in [0.25, 0.3) is 0 Å². The van der Waals surface area contributed by atoms with Crippen LogP contribution >= 0.6 is 11.9 Å². The largest absolute Gasteiger partial charge is 0.373 e. The van der Waals surface area contributed by atoms with Crippen LogP contribution in [0.25, 0.3) is 0 Å². The van der Waals surface area contributed by atoms with Crippen molar-refractivity contribution in [2.45, 2.75) is 44.5 Å². The van der Waals surface area contributed by atoms with E-state index in [1.165, 1.54) is 12.8 Å². The Kier molecular flexibility index (Phi) is 3.59. The van der Waals surface area contributed by atoms with E-state index in [-0.39, 0.29) is 4.75 Å². The molecule has 1 fully saturated rings. The maximum absolute atomic E-state index is 5.41. The number of hydrogen-bond acceptors (Lipinski definition) is 3. The van der Waals surface area contributed by atoms with E-state index in [0.717, 1.165) is 0 Å². The Morgan fingerprint density at radius 3 is 2.67 bits per heavy atom. The maximum atomic E-state index is 5.41. The first-order valence-corrected chi connectivity index (χ1v) is 5.17. The summed E-state index contributed by atoms with van der Waals surface area (Å²) >= 11 is 1.60. The minimum Gasteiger partial charge on any atom is -0.373 e. The highest BCUT2D eigenvalue weighted by Gasteiger charge is 2.21. The zero-order chi connectivity index (χ0) is 9.03. The molecule has 0 aromatic heterocycles. The predicted molar refractivity (Wildman–Crippen MR) is 54.8 cm³/mol. The SMILES string of the molecule is CC(C)(C)S/N=C/COC1CC1. The molecular formula is C9H17NOS. The van der Waals surface area contributed by atoms with Gasteiger partial charge in [0.2, 0.25) is 0 Å². The zero-order valence-electron chi connectivity index (χ0n) is 8.04. The number of rotatable bonds is 4. The summed E-state index contributed by atoms with van der Waals surface area (Å²) in [6, 6.07) is 0. The summed E-state index contributed by atoms with van der Waals surface area (Å²) in [6.07, 6.45) is 4.87. The van der Waals surface area contributed by atoms with Gasteiger partial charge in [0.05, 0.1) is 12.7 Å². The van der Waals surface area contributed by atoms with Crippen molar-refractivity contribution in [3.63, 3.8) is 0 Å². The molecule has 0 spiro atoms. The van der Waals surface area contributed by atoms with Gasteiger partial charge in [-0.3, -0.25) is 0 Å². The molecule has 0 atom stereocenters. The molecule has 0 aromatic carbocycles. The molecule has 1 saturated carbocycles.